The summed E-state index contributed by atoms with van der Waals surface area (Å²) in [7, 11) is 0. The fraction of sp³-hybridized carbons (Fsp3) is 0.107. The highest BCUT2D eigenvalue weighted by Gasteiger charge is 2.25. The number of hydrogen-bond donors (Lipinski definition) is 0. The average molecular weight is 745 g/mol. The van der Waals surface area contributed by atoms with Crippen LogP contribution in [0.15, 0.2) is 200 Å². The molecule has 0 spiro atoms. The maximum Gasteiger partial charge on any atom is 0.0620 e. The van der Waals surface area contributed by atoms with E-state index < -0.39 is 0 Å². The molecule has 1 aliphatic carbocycles. The van der Waals surface area contributed by atoms with Crippen molar-refractivity contribution < 1.29 is 0 Å². The Morgan fingerprint density at radius 1 is 0.414 bits per heavy atom. The number of nitrogens with zero attached hydrogens (tertiary/aromatic N) is 2. The molecule has 0 atom stereocenters. The van der Waals surface area contributed by atoms with Gasteiger partial charge in [-0.25, -0.2) is 0 Å². The Morgan fingerprint density at radius 3 is 1.81 bits per heavy atom. The van der Waals surface area contributed by atoms with Gasteiger partial charge in [0.05, 0.1) is 22.4 Å². The molecule has 278 valence electrons. The van der Waals surface area contributed by atoms with Gasteiger partial charge >= 0.3 is 0 Å². The quantitative estimate of drug-likeness (QED) is 0.158. The van der Waals surface area contributed by atoms with Gasteiger partial charge in [0.2, 0.25) is 0 Å². The van der Waals surface area contributed by atoms with E-state index in [9.17, 15) is 0 Å². The molecule has 1 heterocycles. The van der Waals surface area contributed by atoms with E-state index in [1.807, 2.05) is 0 Å². The molecule has 1 aliphatic rings. The summed E-state index contributed by atoms with van der Waals surface area (Å²) in [6.45, 7) is 0. The van der Waals surface area contributed by atoms with Crippen molar-refractivity contribution in [3.8, 4) is 27.9 Å². The summed E-state index contributed by atoms with van der Waals surface area (Å²) < 4.78 is 2.45. The number of para-hydroxylation sites is 5. The van der Waals surface area contributed by atoms with Crippen LogP contribution in [-0.4, -0.2) is 4.57 Å². The zero-order valence-electron chi connectivity index (χ0n) is 32.6. The predicted octanol–water partition coefficient (Wildman–Crippen LogP) is 15.9. The second kappa shape index (κ2) is 14.6. The lowest BCUT2D eigenvalue weighted by atomic mass is 9.80. The van der Waals surface area contributed by atoms with Crippen molar-refractivity contribution in [3.63, 3.8) is 0 Å². The molecule has 0 N–H and O–H groups in total. The molecular formula is C56H44N2. The van der Waals surface area contributed by atoms with E-state index in [0.29, 0.717) is 5.92 Å². The van der Waals surface area contributed by atoms with Crippen LogP contribution in [0.2, 0.25) is 0 Å². The third-order valence-corrected chi connectivity index (χ3v) is 12.6. The minimum Gasteiger partial charge on any atom is -0.309 e. The second-order valence-corrected chi connectivity index (χ2v) is 15.9. The molecule has 0 unspecified atom stereocenters. The number of hydrogen-bond acceptors (Lipinski definition) is 1. The molecule has 0 radical (unpaired) electrons. The Balaban J connectivity index is 1.20. The lowest BCUT2D eigenvalue weighted by Crippen LogP contribution is -2.13. The zero-order valence-corrected chi connectivity index (χ0v) is 32.6. The smallest absolute Gasteiger partial charge is 0.0620 e. The van der Waals surface area contributed by atoms with Crippen LogP contribution in [0.3, 0.4) is 0 Å². The molecule has 0 saturated heterocycles. The van der Waals surface area contributed by atoms with E-state index in [0.717, 1.165) is 22.7 Å². The van der Waals surface area contributed by atoms with Gasteiger partial charge in [-0.2, -0.15) is 0 Å². The fourth-order valence-electron chi connectivity index (χ4n) is 9.95. The standard InChI is InChI=1S/C56H44N2/c1-3-19-40(20-4-1)45-29-15-22-41-23-16-30-49(55(41)45)46-26-9-12-33-52(46)57(44-37-36-39-18-7-8-21-42(39)38-44)53-34-13-10-27-47(53)50-31-17-32-51-48-28-11-14-35-54(48)58(56(50)51)43-24-5-2-6-25-43/h2,5-18,21-38,40H,1,3-4,19-20H2. The molecule has 2 heteroatoms. The topological polar surface area (TPSA) is 8.17 Å². The van der Waals surface area contributed by atoms with E-state index >= 15 is 0 Å². The largest absolute Gasteiger partial charge is 0.309 e. The molecule has 0 bridgehead atoms. The lowest BCUT2D eigenvalue weighted by Gasteiger charge is -2.31. The Hall–Kier alpha value is -6.90. The minimum atomic E-state index is 0.583. The Bertz CT molecular complexity index is 3110. The van der Waals surface area contributed by atoms with Crippen LogP contribution in [0.1, 0.15) is 43.6 Å². The summed E-state index contributed by atoms with van der Waals surface area (Å²) >= 11 is 0. The third-order valence-electron chi connectivity index (χ3n) is 12.6. The monoisotopic (exact) mass is 744 g/mol. The second-order valence-electron chi connectivity index (χ2n) is 15.9. The number of aromatic nitrogens is 1. The highest BCUT2D eigenvalue weighted by molar-refractivity contribution is 6.15. The van der Waals surface area contributed by atoms with Gasteiger partial charge in [0, 0.05) is 38.8 Å². The van der Waals surface area contributed by atoms with Crippen LogP contribution in [0, 0.1) is 0 Å². The van der Waals surface area contributed by atoms with Crippen LogP contribution in [0.25, 0.3) is 71.3 Å². The van der Waals surface area contributed by atoms with Crippen LogP contribution >= 0.6 is 0 Å². The van der Waals surface area contributed by atoms with Gasteiger partial charge in [-0.1, -0.05) is 177 Å². The number of anilines is 3. The molecule has 2 nitrogen and oxygen atoms in total. The first-order valence-corrected chi connectivity index (χ1v) is 20.9. The normalized spacial score (nSPS) is 13.4. The van der Waals surface area contributed by atoms with Crippen LogP contribution in [-0.2, 0) is 0 Å². The number of fused-ring (bicyclic) bond motifs is 5. The van der Waals surface area contributed by atoms with Gasteiger partial charge in [0.25, 0.3) is 0 Å². The van der Waals surface area contributed by atoms with Gasteiger partial charge in [-0.15, -0.1) is 0 Å². The van der Waals surface area contributed by atoms with Gasteiger partial charge in [0.15, 0.2) is 0 Å². The first-order valence-electron chi connectivity index (χ1n) is 20.9. The highest BCUT2D eigenvalue weighted by atomic mass is 15.1. The average Bonchev–Trinajstić information content (AvgIpc) is 3.64. The van der Waals surface area contributed by atoms with Crippen molar-refractivity contribution >= 4 is 60.4 Å². The van der Waals surface area contributed by atoms with Crippen molar-refractivity contribution in [2.24, 2.45) is 0 Å². The summed E-state index contributed by atoms with van der Waals surface area (Å²) in [5.41, 5.74) is 13.4. The van der Waals surface area contributed by atoms with E-state index in [-0.39, 0.29) is 0 Å². The van der Waals surface area contributed by atoms with Gasteiger partial charge in [-0.3, -0.25) is 0 Å². The summed E-state index contributed by atoms with van der Waals surface area (Å²) in [4.78, 5) is 2.52. The van der Waals surface area contributed by atoms with Crippen molar-refractivity contribution in [3.05, 3.63) is 206 Å². The first kappa shape index (κ1) is 34.4. The van der Waals surface area contributed by atoms with E-state index in [2.05, 4.69) is 210 Å². The Kier molecular flexibility index (Phi) is 8.62. The Morgan fingerprint density at radius 2 is 1.00 bits per heavy atom. The molecule has 9 aromatic carbocycles. The van der Waals surface area contributed by atoms with Crippen LogP contribution < -0.4 is 4.90 Å². The van der Waals surface area contributed by atoms with Gasteiger partial charge in [-0.05, 0) is 93.9 Å². The van der Waals surface area contributed by atoms with Crippen molar-refractivity contribution in [2.45, 2.75) is 38.0 Å². The minimum absolute atomic E-state index is 0.583. The summed E-state index contributed by atoms with van der Waals surface area (Å²) in [6, 6.07) is 74.1. The first-order chi connectivity index (χ1) is 28.8. The number of rotatable bonds is 7. The fourth-order valence-corrected chi connectivity index (χ4v) is 9.95. The van der Waals surface area contributed by atoms with E-state index in [1.54, 1.807) is 0 Å². The molecule has 0 aliphatic heterocycles. The zero-order chi connectivity index (χ0) is 38.4. The SMILES string of the molecule is c1ccc(-n2c3ccccc3c3cccc(-c4ccccc4N(c4ccc5ccccc5c4)c4ccccc4-c4cccc5cccc(C6CCCCC6)c45)c32)cc1. The molecular weight excluding hydrogens is 701 g/mol. The third kappa shape index (κ3) is 5.79. The van der Waals surface area contributed by atoms with Crippen LogP contribution in [0.5, 0.6) is 0 Å². The van der Waals surface area contributed by atoms with Crippen molar-refractivity contribution in [1.82, 2.24) is 4.57 Å². The molecule has 1 saturated carbocycles. The van der Waals surface area contributed by atoms with E-state index in [1.165, 1.54) is 103 Å². The lowest BCUT2D eigenvalue weighted by molar-refractivity contribution is 0.445. The number of benzene rings is 9. The molecule has 0 amide bonds. The molecule has 1 fully saturated rings. The Labute approximate surface area is 340 Å². The van der Waals surface area contributed by atoms with Crippen molar-refractivity contribution in [2.75, 3.05) is 4.90 Å². The van der Waals surface area contributed by atoms with Gasteiger partial charge < -0.3 is 9.47 Å². The molecule has 11 rings (SSSR count). The van der Waals surface area contributed by atoms with Crippen LogP contribution in [0.4, 0.5) is 17.1 Å². The summed E-state index contributed by atoms with van der Waals surface area (Å²) in [5.74, 6) is 0.583. The van der Waals surface area contributed by atoms with E-state index in [4.69, 9.17) is 0 Å². The summed E-state index contributed by atoms with van der Waals surface area (Å²) in [6.07, 6.45) is 6.48. The predicted molar refractivity (Wildman–Crippen MR) is 247 cm³/mol. The van der Waals surface area contributed by atoms with Gasteiger partial charge in [0.1, 0.15) is 0 Å². The maximum atomic E-state index is 2.52. The molecule has 1 aromatic heterocycles. The maximum absolute atomic E-state index is 2.52. The molecule has 58 heavy (non-hydrogen) atoms. The van der Waals surface area contributed by atoms with Crippen molar-refractivity contribution in [1.29, 1.82) is 0 Å². The summed E-state index contributed by atoms with van der Waals surface area (Å²) in [5, 5.41) is 7.66. The molecule has 10 aromatic rings. The highest BCUT2D eigenvalue weighted by Crippen LogP contribution is 2.49.